The molecule has 18 heavy (non-hydrogen) atoms. The minimum absolute atomic E-state index is 0.276. The molecule has 0 bridgehead atoms. The molecule has 0 aliphatic heterocycles. The minimum Gasteiger partial charge on any atom is -0.302 e. The Morgan fingerprint density at radius 2 is 2.22 bits per heavy atom. The number of nitrogens with zero attached hydrogens (tertiary/aromatic N) is 1. The number of nitrogens with one attached hydrogen (secondary N) is 1. The third-order valence-corrected chi connectivity index (χ3v) is 3.52. The van der Waals surface area contributed by atoms with E-state index in [1.54, 1.807) is 12.1 Å². The van der Waals surface area contributed by atoms with Crippen LogP contribution in [0.15, 0.2) is 22.7 Å². The van der Waals surface area contributed by atoms with Crippen LogP contribution in [0.25, 0.3) is 0 Å². The summed E-state index contributed by atoms with van der Waals surface area (Å²) in [6, 6.07) is 5.54. The van der Waals surface area contributed by atoms with E-state index in [0.717, 1.165) is 17.6 Å². The number of nitrogen functional groups attached to an aromatic ring is 1. The van der Waals surface area contributed by atoms with E-state index < -0.39 is 0 Å². The third-order valence-electron chi connectivity index (χ3n) is 2.78. The first-order valence-electron chi connectivity index (χ1n) is 6.06. The predicted octanol–water partition coefficient (Wildman–Crippen LogP) is 2.28. The second-order valence-electron chi connectivity index (χ2n) is 4.37. The molecule has 0 radical (unpaired) electrons. The van der Waals surface area contributed by atoms with Crippen LogP contribution in [-0.4, -0.2) is 24.4 Å². The van der Waals surface area contributed by atoms with E-state index >= 15 is 0 Å². The van der Waals surface area contributed by atoms with E-state index in [4.69, 9.17) is 5.84 Å². The molecule has 1 rings (SSSR count). The smallest absolute Gasteiger partial charge is 0.265 e. The van der Waals surface area contributed by atoms with Gasteiger partial charge in [-0.05, 0) is 37.7 Å². The summed E-state index contributed by atoms with van der Waals surface area (Å²) < 4.78 is 0.937. The monoisotopic (exact) mass is 313 g/mol. The molecule has 0 atom stereocenters. The van der Waals surface area contributed by atoms with Crippen molar-refractivity contribution < 1.29 is 4.79 Å². The zero-order valence-electron chi connectivity index (χ0n) is 10.9. The van der Waals surface area contributed by atoms with Gasteiger partial charge in [0.1, 0.15) is 0 Å². The van der Waals surface area contributed by atoms with Gasteiger partial charge in [0.25, 0.3) is 5.91 Å². The lowest BCUT2D eigenvalue weighted by Gasteiger charge is -2.17. The summed E-state index contributed by atoms with van der Waals surface area (Å²) in [7, 11) is 2.10. The summed E-state index contributed by atoms with van der Waals surface area (Å²) >= 11 is 3.49. The normalized spacial score (nSPS) is 10.7. The molecule has 0 aliphatic carbocycles. The molecule has 0 fully saturated rings. The number of carbonyl (C=O) groups excluding carboxylic acids is 1. The minimum atomic E-state index is -0.276. The Morgan fingerprint density at radius 1 is 1.50 bits per heavy atom. The zero-order valence-corrected chi connectivity index (χ0v) is 12.5. The van der Waals surface area contributed by atoms with Crippen molar-refractivity contribution in [3.63, 3.8) is 0 Å². The molecule has 0 spiro atoms. The van der Waals surface area contributed by atoms with Gasteiger partial charge in [-0.3, -0.25) is 10.2 Å². The SMILES string of the molecule is CCCCN(C)Cc1ccc(C(=O)NN)cc1Br. The highest BCUT2D eigenvalue weighted by Crippen LogP contribution is 2.20. The van der Waals surface area contributed by atoms with Crippen molar-refractivity contribution in [2.24, 2.45) is 5.84 Å². The maximum Gasteiger partial charge on any atom is 0.265 e. The molecule has 1 amide bonds. The number of benzene rings is 1. The number of hydrogen-bond acceptors (Lipinski definition) is 3. The van der Waals surface area contributed by atoms with Crippen LogP contribution in [0.4, 0.5) is 0 Å². The van der Waals surface area contributed by atoms with Gasteiger partial charge < -0.3 is 4.90 Å². The number of carbonyl (C=O) groups is 1. The molecule has 4 nitrogen and oxygen atoms in total. The van der Waals surface area contributed by atoms with Crippen LogP contribution in [0.3, 0.4) is 0 Å². The number of hydrazine groups is 1. The molecule has 1 aromatic rings. The Kier molecular flexibility index (Phi) is 6.32. The molecule has 0 saturated carbocycles. The zero-order chi connectivity index (χ0) is 13.5. The van der Waals surface area contributed by atoms with E-state index in [1.807, 2.05) is 6.07 Å². The highest BCUT2D eigenvalue weighted by Gasteiger charge is 2.08. The van der Waals surface area contributed by atoms with Crippen molar-refractivity contribution >= 4 is 21.8 Å². The van der Waals surface area contributed by atoms with Crippen LogP contribution < -0.4 is 11.3 Å². The molecule has 3 N–H and O–H groups in total. The summed E-state index contributed by atoms with van der Waals surface area (Å²) in [6.45, 7) is 4.13. The second-order valence-corrected chi connectivity index (χ2v) is 5.23. The molecular weight excluding hydrogens is 294 g/mol. The average molecular weight is 314 g/mol. The molecule has 0 aromatic heterocycles. The van der Waals surface area contributed by atoms with E-state index in [1.165, 1.54) is 18.4 Å². The molecule has 0 aliphatic rings. The van der Waals surface area contributed by atoms with Gasteiger partial charge >= 0.3 is 0 Å². The van der Waals surface area contributed by atoms with E-state index in [9.17, 15) is 4.79 Å². The van der Waals surface area contributed by atoms with Crippen molar-refractivity contribution in [1.29, 1.82) is 0 Å². The highest BCUT2D eigenvalue weighted by atomic mass is 79.9. The number of nitrogens with two attached hydrogens (primary N) is 1. The summed E-state index contributed by atoms with van der Waals surface area (Å²) in [5.74, 6) is 4.83. The maximum absolute atomic E-state index is 11.4. The average Bonchev–Trinajstić information content (AvgIpc) is 2.37. The molecule has 100 valence electrons. The van der Waals surface area contributed by atoms with Gasteiger partial charge in [0.2, 0.25) is 0 Å². The van der Waals surface area contributed by atoms with Crippen LogP contribution in [0.1, 0.15) is 35.7 Å². The first-order valence-corrected chi connectivity index (χ1v) is 6.85. The number of hydrogen-bond donors (Lipinski definition) is 2. The predicted molar refractivity (Wildman–Crippen MR) is 77.0 cm³/mol. The molecule has 1 aromatic carbocycles. The third kappa shape index (κ3) is 4.40. The largest absolute Gasteiger partial charge is 0.302 e. The van der Waals surface area contributed by atoms with Gasteiger partial charge in [0, 0.05) is 16.6 Å². The number of halogens is 1. The van der Waals surface area contributed by atoms with Crippen molar-refractivity contribution in [2.45, 2.75) is 26.3 Å². The van der Waals surface area contributed by atoms with Crippen LogP contribution in [-0.2, 0) is 6.54 Å². The lowest BCUT2D eigenvalue weighted by Crippen LogP contribution is -2.30. The summed E-state index contributed by atoms with van der Waals surface area (Å²) in [5.41, 5.74) is 3.85. The van der Waals surface area contributed by atoms with Gasteiger partial charge in [-0.15, -0.1) is 0 Å². The molecule has 5 heteroatoms. The van der Waals surface area contributed by atoms with Gasteiger partial charge in [0.15, 0.2) is 0 Å². The Balaban J connectivity index is 2.70. The van der Waals surface area contributed by atoms with E-state index in [-0.39, 0.29) is 5.91 Å². The van der Waals surface area contributed by atoms with Crippen LogP contribution >= 0.6 is 15.9 Å². The maximum atomic E-state index is 11.4. The quantitative estimate of drug-likeness (QED) is 0.481. The van der Waals surface area contributed by atoms with Crippen molar-refractivity contribution in [3.05, 3.63) is 33.8 Å². The lowest BCUT2D eigenvalue weighted by atomic mass is 10.1. The van der Waals surface area contributed by atoms with Gasteiger partial charge in [0.05, 0.1) is 0 Å². The van der Waals surface area contributed by atoms with Gasteiger partial charge in [-0.2, -0.15) is 0 Å². The van der Waals surface area contributed by atoms with Crippen LogP contribution in [0.2, 0.25) is 0 Å². The fourth-order valence-corrected chi connectivity index (χ4v) is 2.20. The van der Waals surface area contributed by atoms with Gasteiger partial charge in [-0.1, -0.05) is 35.3 Å². The summed E-state index contributed by atoms with van der Waals surface area (Å²) in [5, 5.41) is 0. The molecule has 0 unspecified atom stereocenters. The van der Waals surface area contributed by atoms with Crippen LogP contribution in [0, 0.1) is 0 Å². The van der Waals surface area contributed by atoms with Crippen molar-refractivity contribution in [2.75, 3.05) is 13.6 Å². The van der Waals surface area contributed by atoms with E-state index in [2.05, 4.69) is 40.2 Å². The Bertz CT molecular complexity index is 409. The van der Waals surface area contributed by atoms with Crippen LogP contribution in [0.5, 0.6) is 0 Å². The fraction of sp³-hybridized carbons (Fsp3) is 0.462. The standard InChI is InChI=1S/C13H20BrN3O/c1-3-4-7-17(2)9-11-6-5-10(8-12(11)14)13(18)16-15/h5-6,8H,3-4,7,9,15H2,1-2H3,(H,16,18). The number of unbranched alkanes of at least 4 members (excludes halogenated alkanes) is 1. The number of rotatable bonds is 6. The Morgan fingerprint density at radius 3 is 2.78 bits per heavy atom. The Labute approximate surface area is 117 Å². The Hall–Kier alpha value is -0.910. The van der Waals surface area contributed by atoms with E-state index in [0.29, 0.717) is 5.56 Å². The topological polar surface area (TPSA) is 58.4 Å². The molecule has 0 heterocycles. The molecule has 0 saturated heterocycles. The summed E-state index contributed by atoms with van der Waals surface area (Å²) in [4.78, 5) is 13.6. The fourth-order valence-electron chi connectivity index (χ4n) is 1.70. The highest BCUT2D eigenvalue weighted by molar-refractivity contribution is 9.10. The molecular formula is C13H20BrN3O. The van der Waals surface area contributed by atoms with Crippen molar-refractivity contribution in [3.8, 4) is 0 Å². The van der Waals surface area contributed by atoms with Crippen molar-refractivity contribution in [1.82, 2.24) is 10.3 Å². The summed E-state index contributed by atoms with van der Waals surface area (Å²) in [6.07, 6.45) is 2.39. The first kappa shape index (κ1) is 15.1. The second kappa shape index (κ2) is 7.51. The lowest BCUT2D eigenvalue weighted by molar-refractivity contribution is 0.0953. The first-order chi connectivity index (χ1) is 8.58. The number of amides is 1. The van der Waals surface area contributed by atoms with Gasteiger partial charge in [-0.25, -0.2) is 5.84 Å².